The molecule has 0 N–H and O–H groups in total. The van der Waals surface area contributed by atoms with Gasteiger partial charge in [0.25, 0.3) is 0 Å². The molecule has 2 aliphatic heterocycles. The van der Waals surface area contributed by atoms with E-state index in [4.69, 9.17) is 9.47 Å². The molecule has 0 radical (unpaired) electrons. The molecule has 7 heteroatoms. The molecule has 0 fully saturated rings. The molecule has 1 atom stereocenters. The van der Waals surface area contributed by atoms with Crippen molar-refractivity contribution in [3.63, 3.8) is 0 Å². The van der Waals surface area contributed by atoms with Gasteiger partial charge in [0.05, 0.1) is 11.1 Å². The van der Waals surface area contributed by atoms with E-state index in [1.54, 1.807) is 6.08 Å². The first-order valence-electron chi connectivity index (χ1n) is 6.37. The Labute approximate surface area is 158 Å². The molecule has 0 saturated carbocycles. The van der Waals surface area contributed by atoms with E-state index in [-0.39, 0.29) is 11.9 Å². The van der Waals surface area contributed by atoms with Crippen molar-refractivity contribution in [2.24, 2.45) is 0 Å². The zero-order valence-corrected chi connectivity index (χ0v) is 16.5. The predicted octanol–water partition coefficient (Wildman–Crippen LogP) is 4.77. The first kappa shape index (κ1) is 18.2. The van der Waals surface area contributed by atoms with Crippen LogP contribution in [0.1, 0.15) is 15.9 Å². The van der Waals surface area contributed by atoms with Gasteiger partial charge in [-0.05, 0) is 37.9 Å². The van der Waals surface area contributed by atoms with Crippen molar-refractivity contribution in [2.75, 3.05) is 0 Å². The van der Waals surface area contributed by atoms with Crippen LogP contribution >= 0.6 is 47.8 Å². The Morgan fingerprint density at radius 3 is 2.52 bits per heavy atom. The molecule has 1 aromatic rings. The fraction of sp³-hybridized carbons (Fsp3) is 0.125. The summed E-state index contributed by atoms with van der Waals surface area (Å²) in [6.07, 6.45) is 1.58. The Morgan fingerprint density at radius 2 is 2.00 bits per heavy atom. The molecule has 0 amide bonds. The van der Waals surface area contributed by atoms with Gasteiger partial charge in [0.15, 0.2) is 5.01 Å². The van der Waals surface area contributed by atoms with Gasteiger partial charge in [-0.2, -0.15) is 0 Å². The first-order chi connectivity index (χ1) is 10.9. The minimum Gasteiger partial charge on any atom is -0.457 e. The minimum absolute atomic E-state index is 0.229. The van der Waals surface area contributed by atoms with E-state index in [1.807, 2.05) is 18.2 Å². The zero-order valence-electron chi connectivity index (χ0n) is 11.8. The molecular formula is C16H11Br3O4. The fourth-order valence-corrected chi connectivity index (χ4v) is 3.59. The van der Waals surface area contributed by atoms with Gasteiger partial charge in [0.1, 0.15) is 6.61 Å². The quantitative estimate of drug-likeness (QED) is 0.428. The lowest BCUT2D eigenvalue weighted by molar-refractivity contribution is -0.136. The molecule has 0 aliphatic carbocycles. The van der Waals surface area contributed by atoms with Crippen molar-refractivity contribution >= 4 is 59.7 Å². The Kier molecular flexibility index (Phi) is 6.00. The normalized spacial score (nSPS) is 18.7. The summed E-state index contributed by atoms with van der Waals surface area (Å²) in [4.78, 5) is 22.2. The molecule has 1 aromatic carbocycles. The number of alkyl halides is 1. The first-order valence-corrected chi connectivity index (χ1v) is 8.88. The number of benzene rings is 1. The number of hydrogen-bond acceptors (Lipinski definition) is 4. The number of carbonyl (C=O) groups is 2. The van der Waals surface area contributed by atoms with Gasteiger partial charge in [-0.25, -0.2) is 9.59 Å². The Bertz CT molecular complexity index is 737. The van der Waals surface area contributed by atoms with Crippen LogP contribution < -0.4 is 0 Å². The van der Waals surface area contributed by atoms with Crippen LogP contribution in [0.4, 0.5) is 0 Å². The Balaban J connectivity index is 0.000000167. The van der Waals surface area contributed by atoms with Gasteiger partial charge in [-0.3, -0.25) is 0 Å². The van der Waals surface area contributed by atoms with Gasteiger partial charge < -0.3 is 9.47 Å². The summed E-state index contributed by atoms with van der Waals surface area (Å²) in [6.45, 7) is 7.60. The fourth-order valence-electron chi connectivity index (χ4n) is 2.04. The summed E-state index contributed by atoms with van der Waals surface area (Å²) >= 11 is 9.60. The highest BCUT2D eigenvalue weighted by Gasteiger charge is 2.31. The van der Waals surface area contributed by atoms with E-state index >= 15 is 0 Å². The van der Waals surface area contributed by atoms with Gasteiger partial charge in [-0.1, -0.05) is 47.3 Å². The molecule has 2 aliphatic rings. The lowest BCUT2D eigenvalue weighted by Gasteiger charge is -1.99. The number of hydrogen-bond donors (Lipinski definition) is 0. The summed E-state index contributed by atoms with van der Waals surface area (Å²) in [6, 6.07) is 5.63. The number of fused-ring (bicyclic) bond motifs is 1. The third-order valence-corrected chi connectivity index (χ3v) is 4.84. The molecule has 1 unspecified atom stereocenters. The van der Waals surface area contributed by atoms with Gasteiger partial charge in [-0.15, -0.1) is 0 Å². The molecule has 120 valence electrons. The average molecular weight is 507 g/mol. The number of cyclic esters (lactones) is 2. The van der Waals surface area contributed by atoms with Crippen LogP contribution in [0.3, 0.4) is 0 Å². The molecule has 3 rings (SSSR count). The second kappa shape index (κ2) is 7.59. The number of esters is 2. The van der Waals surface area contributed by atoms with Crippen LogP contribution in [0, 0.1) is 0 Å². The topological polar surface area (TPSA) is 52.6 Å². The summed E-state index contributed by atoms with van der Waals surface area (Å²) in [7, 11) is 0. The molecular weight excluding hydrogens is 496 g/mol. The van der Waals surface area contributed by atoms with Crippen LogP contribution in [-0.2, 0) is 20.9 Å². The molecule has 2 heterocycles. The van der Waals surface area contributed by atoms with E-state index in [1.165, 1.54) is 0 Å². The van der Waals surface area contributed by atoms with Crippen LogP contribution in [0.25, 0.3) is 0 Å². The lowest BCUT2D eigenvalue weighted by Crippen LogP contribution is -2.01. The van der Waals surface area contributed by atoms with Crippen molar-refractivity contribution in [1.82, 2.24) is 0 Å². The predicted molar refractivity (Wildman–Crippen MR) is 97.4 cm³/mol. The molecule has 23 heavy (non-hydrogen) atoms. The van der Waals surface area contributed by atoms with E-state index < -0.39 is 5.01 Å². The maximum atomic E-state index is 11.1. The van der Waals surface area contributed by atoms with Crippen LogP contribution in [0.2, 0.25) is 0 Å². The SMILES string of the molecule is C=CC1=C(C(=C)Br)C(=O)OC1Br.O=C1OCc2cccc(Br)c21. The van der Waals surface area contributed by atoms with E-state index in [0.29, 0.717) is 27.8 Å². The highest BCUT2D eigenvalue weighted by molar-refractivity contribution is 9.12. The number of ether oxygens (including phenoxy) is 2. The third kappa shape index (κ3) is 3.84. The molecule has 4 nitrogen and oxygen atoms in total. The maximum Gasteiger partial charge on any atom is 0.341 e. The highest BCUT2D eigenvalue weighted by atomic mass is 79.9. The number of carbonyl (C=O) groups excluding carboxylic acids is 2. The largest absolute Gasteiger partial charge is 0.457 e. The second-order valence-corrected chi connectivity index (χ2v) is 7.15. The van der Waals surface area contributed by atoms with Crippen LogP contribution in [0.15, 0.2) is 57.5 Å². The van der Waals surface area contributed by atoms with Gasteiger partial charge in [0, 0.05) is 20.1 Å². The molecule has 0 spiro atoms. The number of halogens is 3. The van der Waals surface area contributed by atoms with E-state index in [2.05, 4.69) is 60.9 Å². The summed E-state index contributed by atoms with van der Waals surface area (Å²) in [5.41, 5.74) is 2.80. The van der Waals surface area contributed by atoms with E-state index in [9.17, 15) is 9.59 Å². The van der Waals surface area contributed by atoms with Gasteiger partial charge in [0.2, 0.25) is 0 Å². The monoisotopic (exact) mass is 504 g/mol. The lowest BCUT2D eigenvalue weighted by atomic mass is 10.1. The van der Waals surface area contributed by atoms with Crippen molar-refractivity contribution in [3.05, 3.63) is 68.7 Å². The minimum atomic E-state index is -0.396. The Hall–Kier alpha value is -1.18. The van der Waals surface area contributed by atoms with E-state index in [0.717, 1.165) is 10.0 Å². The molecule has 0 aromatic heterocycles. The smallest absolute Gasteiger partial charge is 0.341 e. The van der Waals surface area contributed by atoms with Crippen molar-refractivity contribution in [1.29, 1.82) is 0 Å². The summed E-state index contributed by atoms with van der Waals surface area (Å²) in [5, 5.41) is -0.396. The second-order valence-electron chi connectivity index (χ2n) is 4.51. The standard InChI is InChI=1S/C8H6Br2O2.C8H5BrO2/c1-3-5-6(4(2)9)8(11)12-7(5)10;9-6-3-1-2-5-4-11-8(10)7(5)6/h3,7H,1-2H2;1-3H,4H2. The van der Waals surface area contributed by atoms with Crippen molar-refractivity contribution in [2.45, 2.75) is 11.6 Å². The Morgan fingerprint density at radius 1 is 1.30 bits per heavy atom. The van der Waals surface area contributed by atoms with Crippen LogP contribution in [0.5, 0.6) is 0 Å². The van der Waals surface area contributed by atoms with Crippen LogP contribution in [-0.4, -0.2) is 17.0 Å². The summed E-state index contributed by atoms with van der Waals surface area (Å²) in [5.74, 6) is -0.610. The highest BCUT2D eigenvalue weighted by Crippen LogP contribution is 2.33. The zero-order chi connectivity index (χ0) is 17.1. The molecule has 0 saturated heterocycles. The number of rotatable bonds is 2. The molecule has 0 bridgehead atoms. The average Bonchev–Trinajstić information content (AvgIpc) is 3.00. The van der Waals surface area contributed by atoms with Crippen molar-refractivity contribution < 1.29 is 19.1 Å². The van der Waals surface area contributed by atoms with Gasteiger partial charge >= 0.3 is 11.9 Å². The third-order valence-electron chi connectivity index (χ3n) is 3.10. The van der Waals surface area contributed by atoms with Crippen molar-refractivity contribution in [3.8, 4) is 0 Å². The maximum absolute atomic E-state index is 11.1. The summed E-state index contributed by atoms with van der Waals surface area (Å²) < 4.78 is 11.1.